The molecule has 10 nitrogen and oxygen atoms in total. The molecule has 0 radical (unpaired) electrons. The van der Waals surface area contributed by atoms with Gasteiger partial charge in [0.05, 0.1) is 15.5 Å². The van der Waals surface area contributed by atoms with Gasteiger partial charge in [0.2, 0.25) is 0 Å². The normalized spacial score (nSPS) is 17.0. The number of hydrogen-bond acceptors (Lipinski definition) is 10. The molecule has 62 heavy (non-hydrogen) atoms. The standard InChI is InChI=1S/C45H53Cl2F2N5O5S3/c1-44(2)22-20-40(32-10-14-35(46)15-11-32)34(29-44)30-53-24-26-54(27-25-53)37-16-12-33(13-17-37)43(55)51-62(58,59)39-18-19-41(42(28-39)61(56,57)45(47,48)49)50-36(21-23-52(3)4)31-60-38-8-6-5-7-9-38/h5-19,28,36,50H,20-27,29-31H2,1-4H3,(H,51,55)/t36-/m1/s1. The number of nitrogens with one attached hydrogen (secondary N) is 2. The van der Waals surface area contributed by atoms with E-state index in [4.69, 9.17) is 23.2 Å². The number of benzene rings is 4. The minimum Gasteiger partial charge on any atom is -0.380 e. The number of anilines is 2. The first-order chi connectivity index (χ1) is 29.2. The van der Waals surface area contributed by atoms with Crippen LogP contribution in [0, 0.1) is 5.41 Å². The molecule has 2 aliphatic rings. The van der Waals surface area contributed by atoms with E-state index in [0.717, 1.165) is 79.7 Å². The van der Waals surface area contributed by atoms with Crippen LogP contribution in [0.4, 0.5) is 20.2 Å². The molecule has 0 spiro atoms. The zero-order valence-electron chi connectivity index (χ0n) is 35.2. The lowest BCUT2D eigenvalue weighted by Gasteiger charge is -2.39. The van der Waals surface area contributed by atoms with Gasteiger partial charge in [-0.25, -0.2) is 21.6 Å². The summed E-state index contributed by atoms with van der Waals surface area (Å²) in [6, 6.07) is 26.4. The van der Waals surface area contributed by atoms with E-state index >= 15 is 0 Å². The Hall–Kier alpha value is -3.70. The maximum atomic E-state index is 14.5. The van der Waals surface area contributed by atoms with Crippen molar-refractivity contribution in [3.63, 3.8) is 0 Å². The van der Waals surface area contributed by atoms with Gasteiger partial charge >= 0.3 is 4.71 Å². The SMILES string of the molecule is CN(C)CC[C@H](CSc1ccccc1)Nc1ccc(S(=O)(=O)NC(=O)c2ccc(N3CCN(CC4=C(c5ccc(Cl)cc5)CCC(C)(C)C4)CC3)cc2)cc1S(=O)(=O)C(F)(F)Cl. The second-order valence-electron chi connectivity index (χ2n) is 16.8. The summed E-state index contributed by atoms with van der Waals surface area (Å²) in [4.78, 5) is 19.2. The van der Waals surface area contributed by atoms with Crippen molar-refractivity contribution in [3.05, 3.63) is 119 Å². The molecule has 1 heterocycles. The fraction of sp³-hybridized carbons (Fsp3) is 0.400. The zero-order chi connectivity index (χ0) is 44.9. The maximum Gasteiger partial charge on any atom is 0.427 e. The van der Waals surface area contributed by atoms with Crippen LogP contribution < -0.4 is 14.9 Å². The monoisotopic (exact) mass is 947 g/mol. The molecule has 0 aromatic heterocycles. The van der Waals surface area contributed by atoms with Gasteiger partial charge < -0.3 is 15.1 Å². The van der Waals surface area contributed by atoms with Crippen LogP contribution in [0.15, 0.2) is 117 Å². The van der Waals surface area contributed by atoms with Crippen LogP contribution in [0.1, 0.15) is 55.5 Å². The van der Waals surface area contributed by atoms with Crippen molar-refractivity contribution in [2.75, 3.05) is 69.3 Å². The number of halogens is 4. The molecule has 4 aromatic carbocycles. The van der Waals surface area contributed by atoms with Crippen molar-refractivity contribution in [2.24, 2.45) is 5.41 Å². The molecular weight excluding hydrogens is 896 g/mol. The number of amides is 1. The lowest BCUT2D eigenvalue weighted by molar-refractivity contribution is 0.0981. The third-order valence-electron chi connectivity index (χ3n) is 11.2. The molecular formula is C45H53Cl2F2N5O5S3. The smallest absolute Gasteiger partial charge is 0.380 e. The van der Waals surface area contributed by atoms with Gasteiger partial charge in [0.1, 0.15) is 0 Å². The average Bonchev–Trinajstić information content (AvgIpc) is 3.22. The molecule has 1 saturated heterocycles. The van der Waals surface area contributed by atoms with E-state index in [2.05, 4.69) is 41.1 Å². The Balaban J connectivity index is 1.12. The van der Waals surface area contributed by atoms with Crippen LogP contribution in [0.25, 0.3) is 5.57 Å². The summed E-state index contributed by atoms with van der Waals surface area (Å²) in [6.45, 7) is 9.30. The Morgan fingerprint density at radius 2 is 1.58 bits per heavy atom. The first kappa shape index (κ1) is 47.8. The number of rotatable bonds is 17. The maximum absolute atomic E-state index is 14.5. The van der Waals surface area contributed by atoms with Crippen LogP contribution in [0.3, 0.4) is 0 Å². The van der Waals surface area contributed by atoms with Crippen LogP contribution in [-0.4, -0.2) is 102 Å². The van der Waals surface area contributed by atoms with Crippen molar-refractivity contribution in [1.82, 2.24) is 14.5 Å². The van der Waals surface area contributed by atoms with Gasteiger partial charge in [-0.3, -0.25) is 9.69 Å². The van der Waals surface area contributed by atoms with E-state index in [1.807, 2.05) is 66.2 Å². The molecule has 1 aliphatic carbocycles. The van der Waals surface area contributed by atoms with Crippen molar-refractivity contribution < 1.29 is 30.4 Å². The number of sulfone groups is 1. The Kier molecular flexibility index (Phi) is 15.4. The van der Waals surface area contributed by atoms with Gasteiger partial charge in [-0.2, -0.15) is 8.78 Å². The number of alkyl halides is 3. The van der Waals surface area contributed by atoms with Gasteiger partial charge in [-0.05, 0) is 141 Å². The van der Waals surface area contributed by atoms with Crippen LogP contribution in [0.5, 0.6) is 0 Å². The summed E-state index contributed by atoms with van der Waals surface area (Å²) >= 11 is 12.8. The van der Waals surface area contributed by atoms with Gasteiger partial charge in [0.15, 0.2) is 0 Å². The molecule has 1 amide bonds. The van der Waals surface area contributed by atoms with Gasteiger partial charge in [0, 0.05) is 65.7 Å². The topological polar surface area (TPSA) is 119 Å². The highest BCUT2D eigenvalue weighted by molar-refractivity contribution is 7.99. The summed E-state index contributed by atoms with van der Waals surface area (Å²) in [7, 11) is -6.61. The Morgan fingerprint density at radius 3 is 2.21 bits per heavy atom. The number of nitrogens with zero attached hydrogens (tertiary/aromatic N) is 3. The fourth-order valence-corrected chi connectivity index (χ4v) is 11.1. The van der Waals surface area contributed by atoms with Crippen molar-refractivity contribution in [1.29, 1.82) is 0 Å². The molecule has 6 rings (SSSR count). The van der Waals surface area contributed by atoms with E-state index in [-0.39, 0.29) is 16.7 Å². The second-order valence-corrected chi connectivity index (χ2v) is 22.7. The average molecular weight is 949 g/mol. The lowest BCUT2D eigenvalue weighted by atomic mass is 9.73. The first-order valence-electron chi connectivity index (χ1n) is 20.4. The van der Waals surface area contributed by atoms with Gasteiger partial charge in [0.25, 0.3) is 25.8 Å². The first-order valence-corrected chi connectivity index (χ1v) is 25.1. The predicted octanol–water partition coefficient (Wildman–Crippen LogP) is 9.33. The minimum absolute atomic E-state index is 0.0376. The molecule has 0 bridgehead atoms. The fourth-order valence-electron chi connectivity index (χ4n) is 7.74. The Bertz CT molecular complexity index is 2440. The molecule has 1 aliphatic heterocycles. The molecule has 1 atom stereocenters. The van der Waals surface area contributed by atoms with Crippen LogP contribution in [-0.2, 0) is 19.9 Å². The number of carbonyl (C=O) groups is 1. The third kappa shape index (κ3) is 12.3. The molecule has 334 valence electrons. The van der Waals surface area contributed by atoms with Crippen molar-refractivity contribution in [2.45, 2.75) is 65.0 Å². The van der Waals surface area contributed by atoms with Gasteiger partial charge in [-0.1, -0.05) is 61.4 Å². The number of carbonyl (C=O) groups excluding carboxylic acids is 1. The van der Waals surface area contributed by atoms with E-state index < -0.39 is 46.3 Å². The van der Waals surface area contributed by atoms with Crippen molar-refractivity contribution in [3.8, 4) is 0 Å². The van der Waals surface area contributed by atoms with E-state index in [9.17, 15) is 30.4 Å². The summed E-state index contributed by atoms with van der Waals surface area (Å²) in [6.07, 6.45) is 3.68. The van der Waals surface area contributed by atoms with E-state index in [1.54, 1.807) is 12.1 Å². The van der Waals surface area contributed by atoms with Gasteiger partial charge in [-0.15, -0.1) is 11.8 Å². The van der Waals surface area contributed by atoms with Crippen LogP contribution in [0.2, 0.25) is 5.02 Å². The predicted molar refractivity (Wildman–Crippen MR) is 248 cm³/mol. The third-order valence-corrected chi connectivity index (χ3v) is 16.1. The Morgan fingerprint density at radius 1 is 0.919 bits per heavy atom. The highest BCUT2D eigenvalue weighted by Gasteiger charge is 2.46. The molecule has 4 aromatic rings. The summed E-state index contributed by atoms with van der Waals surface area (Å²) in [5, 5.41) is 3.77. The van der Waals surface area contributed by atoms with Crippen molar-refractivity contribution >= 4 is 77.7 Å². The second kappa shape index (κ2) is 20.0. The summed E-state index contributed by atoms with van der Waals surface area (Å²) in [5.41, 5.74) is 4.98. The lowest BCUT2D eigenvalue weighted by Crippen LogP contribution is -2.47. The number of allylic oxidation sites excluding steroid dienone is 1. The number of hydrogen-bond donors (Lipinski definition) is 2. The van der Waals surface area contributed by atoms with E-state index in [1.165, 1.54) is 40.6 Å². The largest absolute Gasteiger partial charge is 0.427 e. The molecule has 0 unspecified atom stereocenters. The highest BCUT2D eigenvalue weighted by Crippen LogP contribution is 2.43. The number of piperazine rings is 1. The van der Waals surface area contributed by atoms with E-state index in [0.29, 0.717) is 24.8 Å². The number of sulfonamides is 1. The minimum atomic E-state index is -5.60. The Labute approximate surface area is 379 Å². The summed E-state index contributed by atoms with van der Waals surface area (Å²) in [5.74, 6) is -0.541. The number of thioether (sulfide) groups is 1. The quantitative estimate of drug-likeness (QED) is 0.0784. The zero-order valence-corrected chi connectivity index (χ0v) is 39.2. The molecule has 17 heteroatoms. The molecule has 1 fully saturated rings. The molecule has 2 N–H and O–H groups in total. The highest BCUT2D eigenvalue weighted by atomic mass is 35.5. The summed E-state index contributed by atoms with van der Waals surface area (Å²) < 4.78 is 79.6. The van der Waals surface area contributed by atoms with Crippen LogP contribution >= 0.6 is 35.0 Å². The molecule has 0 saturated carbocycles.